The van der Waals surface area contributed by atoms with Crippen LogP contribution in [0, 0.1) is 0 Å². The average molecular weight is 509 g/mol. The predicted molar refractivity (Wildman–Crippen MR) is 150 cm³/mol. The number of carbonyl (C=O) groups is 2. The first kappa shape index (κ1) is 25.7. The van der Waals surface area contributed by atoms with Crippen molar-refractivity contribution in [2.45, 2.75) is 6.61 Å². The lowest BCUT2D eigenvalue weighted by atomic mass is 10.0. The molecular weight excluding hydrogens is 484 g/mol. The molecule has 0 atom stereocenters. The number of carbonyl (C=O) groups excluding carboxylic acids is 2. The Hall–Kier alpha value is -4.41. The van der Waals surface area contributed by atoms with E-state index >= 15 is 0 Å². The van der Waals surface area contributed by atoms with Crippen molar-refractivity contribution < 1.29 is 19.1 Å². The lowest BCUT2D eigenvalue weighted by Gasteiger charge is -2.10. The van der Waals surface area contributed by atoms with Crippen molar-refractivity contribution in [2.24, 2.45) is 0 Å². The Morgan fingerprint density at radius 2 is 1.11 bits per heavy atom. The summed E-state index contributed by atoms with van der Waals surface area (Å²) in [5.74, 6) is 1.55. The summed E-state index contributed by atoms with van der Waals surface area (Å²) in [6.45, 7) is 4.53. The molecule has 0 saturated heterocycles. The molecule has 0 unspecified atom stereocenters. The SMILES string of the molecule is C=CCOc1ccc(C=O)c2ccccc12.O=Cc1ccc(OCc2ccc(Cl)cc2)c2ccccc12. The minimum atomic E-state index is 0.460. The number of hydrogen-bond acceptors (Lipinski definition) is 4. The van der Waals surface area contributed by atoms with E-state index in [0.717, 1.165) is 51.2 Å². The van der Waals surface area contributed by atoms with Crippen LogP contribution in [-0.2, 0) is 6.61 Å². The van der Waals surface area contributed by atoms with Crippen LogP contribution < -0.4 is 9.47 Å². The van der Waals surface area contributed by atoms with Crippen LogP contribution in [0.3, 0.4) is 0 Å². The summed E-state index contributed by atoms with van der Waals surface area (Å²) in [5, 5.41) is 4.42. The third kappa shape index (κ3) is 6.24. The molecule has 0 bridgehead atoms. The van der Waals surface area contributed by atoms with Gasteiger partial charge in [0.1, 0.15) is 24.7 Å². The molecule has 0 spiro atoms. The van der Waals surface area contributed by atoms with Crippen molar-refractivity contribution >= 4 is 45.7 Å². The van der Waals surface area contributed by atoms with E-state index in [2.05, 4.69) is 6.58 Å². The molecular formula is C32H25ClO4. The molecule has 184 valence electrons. The van der Waals surface area contributed by atoms with Crippen LogP contribution in [0.25, 0.3) is 21.5 Å². The maximum Gasteiger partial charge on any atom is 0.150 e. The minimum absolute atomic E-state index is 0.460. The first-order valence-corrected chi connectivity index (χ1v) is 12.1. The van der Waals surface area contributed by atoms with E-state index in [9.17, 15) is 9.59 Å². The average Bonchev–Trinajstić information content (AvgIpc) is 2.95. The number of benzene rings is 5. The van der Waals surface area contributed by atoms with Crippen LogP contribution in [-0.4, -0.2) is 19.2 Å². The lowest BCUT2D eigenvalue weighted by molar-refractivity contribution is 0.111. The predicted octanol–water partition coefficient (Wildman–Crippen LogP) is 8.10. The highest BCUT2D eigenvalue weighted by Gasteiger charge is 2.07. The summed E-state index contributed by atoms with van der Waals surface area (Å²) in [4.78, 5) is 22.0. The molecule has 0 aromatic heterocycles. The molecule has 0 aliphatic heterocycles. The monoisotopic (exact) mass is 508 g/mol. The van der Waals surface area contributed by atoms with Gasteiger partial charge >= 0.3 is 0 Å². The lowest BCUT2D eigenvalue weighted by Crippen LogP contribution is -1.96. The Kier molecular flexibility index (Phi) is 8.69. The summed E-state index contributed by atoms with van der Waals surface area (Å²) < 4.78 is 11.4. The third-order valence-corrected chi connectivity index (χ3v) is 6.01. The van der Waals surface area contributed by atoms with Crippen molar-refractivity contribution in [2.75, 3.05) is 6.61 Å². The second-order valence-electron chi connectivity index (χ2n) is 8.15. The van der Waals surface area contributed by atoms with Gasteiger partial charge in [-0.05, 0) is 52.7 Å². The van der Waals surface area contributed by atoms with Crippen LogP contribution in [0.2, 0.25) is 5.02 Å². The Balaban J connectivity index is 0.000000180. The van der Waals surface area contributed by atoms with Crippen LogP contribution >= 0.6 is 11.6 Å². The van der Waals surface area contributed by atoms with Gasteiger partial charge in [-0.1, -0.05) is 84.9 Å². The van der Waals surface area contributed by atoms with Crippen molar-refractivity contribution in [3.8, 4) is 11.5 Å². The van der Waals surface area contributed by atoms with Crippen LogP contribution in [0.15, 0.2) is 110 Å². The normalized spacial score (nSPS) is 10.3. The molecule has 0 saturated carbocycles. The summed E-state index contributed by atoms with van der Waals surface area (Å²) in [7, 11) is 0. The highest BCUT2D eigenvalue weighted by Crippen LogP contribution is 2.29. The van der Waals surface area contributed by atoms with Crippen molar-refractivity contribution in [1.29, 1.82) is 0 Å². The van der Waals surface area contributed by atoms with Crippen LogP contribution in [0.5, 0.6) is 11.5 Å². The molecule has 0 fully saturated rings. The molecule has 5 aromatic carbocycles. The van der Waals surface area contributed by atoms with Crippen LogP contribution in [0.1, 0.15) is 26.3 Å². The van der Waals surface area contributed by atoms with Gasteiger partial charge in [0.15, 0.2) is 12.6 Å². The maximum absolute atomic E-state index is 11.1. The molecule has 5 rings (SSSR count). The van der Waals surface area contributed by atoms with E-state index < -0.39 is 0 Å². The first-order chi connectivity index (χ1) is 18.1. The Bertz CT molecular complexity index is 1540. The third-order valence-electron chi connectivity index (χ3n) is 5.75. The first-order valence-electron chi connectivity index (χ1n) is 11.7. The summed E-state index contributed by atoms with van der Waals surface area (Å²) in [5.41, 5.74) is 2.40. The second-order valence-corrected chi connectivity index (χ2v) is 8.58. The molecule has 0 amide bonds. The van der Waals surface area contributed by atoms with Gasteiger partial charge in [-0.3, -0.25) is 9.59 Å². The van der Waals surface area contributed by atoms with E-state index in [4.69, 9.17) is 21.1 Å². The van der Waals surface area contributed by atoms with Gasteiger partial charge in [-0.2, -0.15) is 0 Å². The summed E-state index contributed by atoms with van der Waals surface area (Å²) >= 11 is 5.87. The van der Waals surface area contributed by atoms with Crippen molar-refractivity contribution in [1.82, 2.24) is 0 Å². The number of halogens is 1. The van der Waals surface area contributed by atoms with Gasteiger partial charge in [0, 0.05) is 26.9 Å². The quantitative estimate of drug-likeness (QED) is 0.157. The van der Waals surface area contributed by atoms with Crippen molar-refractivity contribution in [3.05, 3.63) is 131 Å². The summed E-state index contributed by atoms with van der Waals surface area (Å²) in [6, 6.07) is 30.2. The highest BCUT2D eigenvalue weighted by atomic mass is 35.5. The fraction of sp³-hybridized carbons (Fsp3) is 0.0625. The van der Waals surface area contributed by atoms with E-state index in [-0.39, 0.29) is 0 Å². The molecule has 5 heteroatoms. The van der Waals surface area contributed by atoms with Gasteiger partial charge in [-0.25, -0.2) is 0 Å². The van der Waals surface area contributed by atoms with Crippen molar-refractivity contribution in [3.63, 3.8) is 0 Å². The Morgan fingerprint density at radius 1 is 0.622 bits per heavy atom. The smallest absolute Gasteiger partial charge is 0.150 e. The van der Waals surface area contributed by atoms with Gasteiger partial charge in [-0.15, -0.1) is 0 Å². The Labute approximate surface area is 220 Å². The van der Waals surface area contributed by atoms with Gasteiger partial charge < -0.3 is 9.47 Å². The topological polar surface area (TPSA) is 52.6 Å². The molecule has 0 heterocycles. The van der Waals surface area contributed by atoms with Crippen LogP contribution in [0.4, 0.5) is 0 Å². The van der Waals surface area contributed by atoms with E-state index in [1.54, 1.807) is 18.2 Å². The fourth-order valence-corrected chi connectivity index (χ4v) is 4.06. The highest BCUT2D eigenvalue weighted by molar-refractivity contribution is 6.30. The van der Waals surface area contributed by atoms with Gasteiger partial charge in [0.2, 0.25) is 0 Å². The number of fused-ring (bicyclic) bond motifs is 2. The number of aldehydes is 2. The molecule has 0 N–H and O–H groups in total. The molecule has 37 heavy (non-hydrogen) atoms. The molecule has 0 radical (unpaired) electrons. The second kappa shape index (κ2) is 12.5. The Morgan fingerprint density at radius 3 is 1.59 bits per heavy atom. The van der Waals surface area contributed by atoms with E-state index in [0.29, 0.717) is 29.4 Å². The number of rotatable bonds is 8. The largest absolute Gasteiger partial charge is 0.489 e. The van der Waals surface area contributed by atoms with E-state index in [1.165, 1.54) is 0 Å². The van der Waals surface area contributed by atoms with Gasteiger partial charge in [0.05, 0.1) is 0 Å². The molecule has 5 aromatic rings. The zero-order valence-corrected chi connectivity index (χ0v) is 20.9. The number of ether oxygens (including phenoxy) is 2. The summed E-state index contributed by atoms with van der Waals surface area (Å²) in [6.07, 6.45) is 3.42. The molecule has 0 aliphatic carbocycles. The minimum Gasteiger partial charge on any atom is -0.489 e. The zero-order valence-electron chi connectivity index (χ0n) is 20.1. The molecule has 0 aliphatic rings. The maximum atomic E-state index is 11.1. The van der Waals surface area contributed by atoms with E-state index in [1.807, 2.05) is 84.9 Å². The number of hydrogen-bond donors (Lipinski definition) is 0. The zero-order chi connectivity index (χ0) is 26.0. The molecule has 4 nitrogen and oxygen atoms in total. The van der Waals surface area contributed by atoms with Gasteiger partial charge in [0.25, 0.3) is 0 Å². The standard InChI is InChI=1S/C18H13ClO2.C14H12O2/c19-15-8-5-13(6-9-15)12-21-18-10-7-14(11-20)16-3-1-2-4-17(16)18;1-2-9-16-14-8-7-11(10-15)12-5-3-4-6-13(12)14/h1-11H,12H2;2-8,10H,1,9H2. The fourth-order valence-electron chi connectivity index (χ4n) is 3.94.